The molecule has 0 amide bonds. The number of hydrogen-bond donors (Lipinski definition) is 2. The first kappa shape index (κ1) is 11.2. The fourth-order valence-electron chi connectivity index (χ4n) is 2.02. The van der Waals surface area contributed by atoms with E-state index in [1.165, 1.54) is 24.3 Å². The molecule has 0 saturated carbocycles. The number of benzene rings is 1. The molecule has 0 radical (unpaired) electrons. The van der Waals surface area contributed by atoms with Crippen molar-refractivity contribution in [3.05, 3.63) is 18.2 Å². The molecule has 3 N–H and O–H groups in total. The summed E-state index contributed by atoms with van der Waals surface area (Å²) in [5, 5.41) is 4.57. The number of aromatic nitrogens is 1. The molecule has 1 aliphatic heterocycles. The maximum atomic E-state index is 5.77. The van der Waals surface area contributed by atoms with Crippen LogP contribution in [0.15, 0.2) is 18.2 Å². The van der Waals surface area contributed by atoms with Crippen molar-refractivity contribution in [2.24, 2.45) is 0 Å². The Labute approximate surface area is 109 Å². The van der Waals surface area contributed by atoms with Gasteiger partial charge >= 0.3 is 0 Å². The quantitative estimate of drug-likeness (QED) is 0.819. The molecule has 0 aliphatic carbocycles. The molecule has 3 rings (SSSR count). The molecule has 17 heavy (non-hydrogen) atoms. The molecule has 1 aromatic carbocycles. The predicted molar refractivity (Wildman–Crippen MR) is 78.0 cm³/mol. The van der Waals surface area contributed by atoms with Gasteiger partial charge in [-0.2, -0.15) is 11.8 Å². The zero-order valence-corrected chi connectivity index (χ0v) is 11.1. The third-order valence-corrected chi connectivity index (χ3v) is 4.96. The van der Waals surface area contributed by atoms with Crippen LogP contribution in [0.4, 0.5) is 10.8 Å². The Kier molecular flexibility index (Phi) is 3.11. The van der Waals surface area contributed by atoms with Gasteiger partial charge in [-0.15, -0.1) is 0 Å². The van der Waals surface area contributed by atoms with Crippen molar-refractivity contribution in [3.63, 3.8) is 0 Å². The van der Waals surface area contributed by atoms with Crippen molar-refractivity contribution in [1.82, 2.24) is 4.98 Å². The molecular weight excluding hydrogens is 250 g/mol. The van der Waals surface area contributed by atoms with Crippen LogP contribution in [-0.2, 0) is 0 Å². The number of nitrogens with two attached hydrogens (primary N) is 1. The number of hydrogen-bond acceptors (Lipinski definition) is 5. The lowest BCUT2D eigenvalue weighted by molar-refractivity contribution is 0.666. The summed E-state index contributed by atoms with van der Waals surface area (Å²) in [7, 11) is 0. The Morgan fingerprint density at radius 3 is 2.94 bits per heavy atom. The summed E-state index contributed by atoms with van der Waals surface area (Å²) in [4.78, 5) is 4.59. The van der Waals surface area contributed by atoms with Crippen LogP contribution in [0, 0.1) is 0 Å². The zero-order valence-electron chi connectivity index (χ0n) is 9.48. The summed E-state index contributed by atoms with van der Waals surface area (Å²) in [5.41, 5.74) is 7.62. The molecule has 2 heterocycles. The van der Waals surface area contributed by atoms with Crippen molar-refractivity contribution < 1.29 is 0 Å². The summed E-state index contributed by atoms with van der Waals surface area (Å²) in [6.45, 7) is 0. The molecule has 0 atom stereocenters. The highest BCUT2D eigenvalue weighted by Crippen LogP contribution is 2.29. The van der Waals surface area contributed by atoms with Crippen molar-refractivity contribution in [1.29, 1.82) is 0 Å². The zero-order chi connectivity index (χ0) is 11.7. The largest absolute Gasteiger partial charge is 0.399 e. The van der Waals surface area contributed by atoms with Gasteiger partial charge in [-0.25, -0.2) is 4.98 Å². The summed E-state index contributed by atoms with van der Waals surface area (Å²) in [5.74, 6) is 2.52. The van der Waals surface area contributed by atoms with Crippen LogP contribution in [0.2, 0.25) is 0 Å². The van der Waals surface area contributed by atoms with E-state index in [4.69, 9.17) is 5.73 Å². The van der Waals surface area contributed by atoms with E-state index in [2.05, 4.69) is 10.3 Å². The number of nitrogen functional groups attached to an aromatic ring is 1. The third-order valence-electron chi connectivity index (χ3n) is 2.96. The molecule has 0 unspecified atom stereocenters. The van der Waals surface area contributed by atoms with E-state index in [0.717, 1.165) is 21.0 Å². The Morgan fingerprint density at radius 2 is 2.12 bits per heavy atom. The minimum atomic E-state index is 0.592. The van der Waals surface area contributed by atoms with Gasteiger partial charge in [0.25, 0.3) is 0 Å². The van der Waals surface area contributed by atoms with Crippen molar-refractivity contribution in [3.8, 4) is 0 Å². The molecule has 3 nitrogen and oxygen atoms in total. The number of rotatable bonds is 2. The van der Waals surface area contributed by atoms with Gasteiger partial charge in [-0.3, -0.25) is 0 Å². The SMILES string of the molecule is Nc1ccc2nc(NC3CCSCC3)sc2c1. The molecule has 1 fully saturated rings. The van der Waals surface area contributed by atoms with Crippen LogP contribution in [-0.4, -0.2) is 22.5 Å². The highest BCUT2D eigenvalue weighted by atomic mass is 32.2. The number of nitrogens with zero attached hydrogens (tertiary/aromatic N) is 1. The van der Waals surface area contributed by atoms with E-state index in [-0.39, 0.29) is 0 Å². The van der Waals surface area contributed by atoms with Gasteiger partial charge in [0.15, 0.2) is 5.13 Å². The normalized spacial score (nSPS) is 17.4. The molecule has 1 aromatic heterocycles. The number of anilines is 2. The van der Waals surface area contributed by atoms with Gasteiger partial charge in [0.2, 0.25) is 0 Å². The first-order valence-corrected chi connectivity index (χ1v) is 7.79. The molecule has 2 aromatic rings. The van der Waals surface area contributed by atoms with Crippen LogP contribution >= 0.6 is 23.1 Å². The Bertz CT molecular complexity index is 517. The van der Waals surface area contributed by atoms with E-state index in [1.807, 2.05) is 30.0 Å². The van der Waals surface area contributed by atoms with Gasteiger partial charge in [-0.1, -0.05) is 11.3 Å². The van der Waals surface area contributed by atoms with Crippen LogP contribution in [0.1, 0.15) is 12.8 Å². The van der Waals surface area contributed by atoms with Crippen LogP contribution in [0.3, 0.4) is 0 Å². The second-order valence-corrected chi connectivity index (χ2v) is 6.53. The Morgan fingerprint density at radius 1 is 1.29 bits per heavy atom. The van der Waals surface area contributed by atoms with Crippen molar-refractivity contribution >= 4 is 44.1 Å². The topological polar surface area (TPSA) is 50.9 Å². The molecular formula is C12H15N3S2. The Balaban J connectivity index is 1.80. The number of thiazole rings is 1. The smallest absolute Gasteiger partial charge is 0.184 e. The van der Waals surface area contributed by atoms with Gasteiger partial charge in [0.05, 0.1) is 10.2 Å². The van der Waals surface area contributed by atoms with Crippen LogP contribution in [0.5, 0.6) is 0 Å². The second-order valence-electron chi connectivity index (χ2n) is 4.28. The monoisotopic (exact) mass is 265 g/mol. The summed E-state index contributed by atoms with van der Waals surface area (Å²) in [6.07, 6.45) is 2.48. The molecule has 0 bridgehead atoms. The predicted octanol–water partition coefficient (Wildman–Crippen LogP) is 3.19. The minimum Gasteiger partial charge on any atom is -0.399 e. The maximum Gasteiger partial charge on any atom is 0.184 e. The standard InChI is InChI=1S/C12H15N3S2/c13-8-1-2-10-11(7-8)17-12(15-10)14-9-3-5-16-6-4-9/h1-2,7,9H,3-6,13H2,(H,14,15). The molecule has 0 spiro atoms. The Hall–Kier alpha value is -0.940. The lowest BCUT2D eigenvalue weighted by Gasteiger charge is -2.21. The van der Waals surface area contributed by atoms with E-state index in [0.29, 0.717) is 6.04 Å². The summed E-state index contributed by atoms with van der Waals surface area (Å²) in [6, 6.07) is 6.48. The number of fused-ring (bicyclic) bond motifs is 1. The van der Waals surface area contributed by atoms with E-state index >= 15 is 0 Å². The fraction of sp³-hybridized carbons (Fsp3) is 0.417. The highest BCUT2D eigenvalue weighted by molar-refractivity contribution is 7.99. The first-order valence-electron chi connectivity index (χ1n) is 5.81. The van der Waals surface area contributed by atoms with Gasteiger partial charge in [0, 0.05) is 11.7 Å². The second kappa shape index (κ2) is 4.74. The molecule has 90 valence electrons. The lowest BCUT2D eigenvalue weighted by atomic mass is 10.2. The first-order chi connectivity index (χ1) is 8.31. The van der Waals surface area contributed by atoms with Gasteiger partial charge in [0.1, 0.15) is 0 Å². The number of nitrogens with one attached hydrogen (secondary N) is 1. The average Bonchev–Trinajstić information content (AvgIpc) is 2.71. The van der Waals surface area contributed by atoms with Crippen molar-refractivity contribution in [2.75, 3.05) is 22.6 Å². The van der Waals surface area contributed by atoms with Crippen molar-refractivity contribution in [2.45, 2.75) is 18.9 Å². The average molecular weight is 265 g/mol. The minimum absolute atomic E-state index is 0.592. The molecule has 5 heteroatoms. The highest BCUT2D eigenvalue weighted by Gasteiger charge is 2.15. The van der Waals surface area contributed by atoms with Gasteiger partial charge in [-0.05, 0) is 42.5 Å². The van der Waals surface area contributed by atoms with E-state index in [9.17, 15) is 0 Å². The van der Waals surface area contributed by atoms with Crippen LogP contribution in [0.25, 0.3) is 10.2 Å². The van der Waals surface area contributed by atoms with E-state index in [1.54, 1.807) is 11.3 Å². The maximum absolute atomic E-state index is 5.77. The fourth-order valence-corrected chi connectivity index (χ4v) is 4.12. The lowest BCUT2D eigenvalue weighted by Crippen LogP contribution is -2.24. The summed E-state index contributed by atoms with van der Waals surface area (Å²) >= 11 is 3.74. The molecule has 1 aliphatic rings. The van der Waals surface area contributed by atoms with Crippen LogP contribution < -0.4 is 11.1 Å². The number of thioether (sulfide) groups is 1. The van der Waals surface area contributed by atoms with E-state index < -0.39 is 0 Å². The van der Waals surface area contributed by atoms with Gasteiger partial charge < -0.3 is 11.1 Å². The molecule has 1 saturated heterocycles. The third kappa shape index (κ3) is 2.50. The summed E-state index contributed by atoms with van der Waals surface area (Å²) < 4.78 is 1.16.